The summed E-state index contributed by atoms with van der Waals surface area (Å²) in [6.45, 7) is 2.33. The number of hydrogen-bond acceptors (Lipinski definition) is 5. The van der Waals surface area contributed by atoms with Crippen molar-refractivity contribution >= 4 is 0 Å². The van der Waals surface area contributed by atoms with E-state index in [1.54, 1.807) is 0 Å². The molecular formula is C20H25N5O. The molecule has 3 aromatic rings. The van der Waals surface area contributed by atoms with Crippen molar-refractivity contribution in [1.82, 2.24) is 24.8 Å². The van der Waals surface area contributed by atoms with E-state index in [1.165, 1.54) is 36.8 Å². The lowest BCUT2D eigenvalue weighted by molar-refractivity contribution is 0.297. The molecule has 4 rings (SSSR count). The van der Waals surface area contributed by atoms with E-state index < -0.39 is 0 Å². The second-order valence-corrected chi connectivity index (χ2v) is 7.23. The fraction of sp³-hybridized carbons (Fsp3) is 0.450. The van der Waals surface area contributed by atoms with Gasteiger partial charge in [0.1, 0.15) is 0 Å². The predicted octanol–water partition coefficient (Wildman–Crippen LogP) is 3.60. The molecule has 0 bridgehead atoms. The molecule has 6 heteroatoms. The molecule has 2 aromatic heterocycles. The Morgan fingerprint density at radius 1 is 1.15 bits per heavy atom. The molecule has 136 valence electrons. The van der Waals surface area contributed by atoms with Crippen LogP contribution >= 0.6 is 0 Å². The maximum Gasteiger partial charge on any atom is 0.229 e. The van der Waals surface area contributed by atoms with Gasteiger partial charge in [-0.2, -0.15) is 10.1 Å². The normalized spacial score (nSPS) is 15.2. The Kier molecular flexibility index (Phi) is 5.11. The van der Waals surface area contributed by atoms with Crippen molar-refractivity contribution in [3.8, 4) is 0 Å². The highest BCUT2D eigenvalue weighted by Crippen LogP contribution is 2.32. The van der Waals surface area contributed by atoms with Gasteiger partial charge in [-0.25, -0.2) is 0 Å². The molecule has 1 saturated carbocycles. The lowest BCUT2D eigenvalue weighted by Crippen LogP contribution is -2.18. The monoisotopic (exact) mass is 351 g/mol. The molecule has 1 aliphatic rings. The van der Waals surface area contributed by atoms with E-state index in [4.69, 9.17) is 4.52 Å². The van der Waals surface area contributed by atoms with E-state index in [-0.39, 0.29) is 0 Å². The smallest absolute Gasteiger partial charge is 0.229 e. The minimum atomic E-state index is 0.473. The lowest BCUT2D eigenvalue weighted by atomic mass is 10.1. The van der Waals surface area contributed by atoms with Gasteiger partial charge in [-0.3, -0.25) is 9.58 Å². The molecule has 0 amide bonds. The van der Waals surface area contributed by atoms with Crippen LogP contribution in [0.5, 0.6) is 0 Å². The van der Waals surface area contributed by atoms with Crippen LogP contribution in [0.3, 0.4) is 0 Å². The molecular weight excluding hydrogens is 326 g/mol. The molecule has 0 unspecified atom stereocenters. The molecule has 2 heterocycles. The molecule has 1 fully saturated rings. The summed E-state index contributed by atoms with van der Waals surface area (Å²) in [5.41, 5.74) is 2.53. The van der Waals surface area contributed by atoms with E-state index >= 15 is 0 Å². The number of benzene rings is 1. The van der Waals surface area contributed by atoms with E-state index in [0.29, 0.717) is 12.5 Å². The summed E-state index contributed by atoms with van der Waals surface area (Å²) in [4.78, 5) is 6.83. The first kappa shape index (κ1) is 17.0. The minimum Gasteiger partial charge on any atom is -0.339 e. The summed E-state index contributed by atoms with van der Waals surface area (Å²) in [6.07, 6.45) is 8.70. The summed E-state index contributed by atoms with van der Waals surface area (Å²) >= 11 is 0. The number of nitrogens with zero attached hydrogens (tertiary/aromatic N) is 5. The topological polar surface area (TPSA) is 60.0 Å². The van der Waals surface area contributed by atoms with Crippen LogP contribution in [-0.4, -0.2) is 31.9 Å². The molecule has 26 heavy (non-hydrogen) atoms. The van der Waals surface area contributed by atoms with Crippen molar-refractivity contribution < 1.29 is 4.52 Å². The first-order valence-electron chi connectivity index (χ1n) is 9.32. The molecule has 0 radical (unpaired) electrons. The summed E-state index contributed by atoms with van der Waals surface area (Å²) < 4.78 is 7.42. The van der Waals surface area contributed by atoms with Crippen molar-refractivity contribution in [3.63, 3.8) is 0 Å². The predicted molar refractivity (Wildman–Crippen MR) is 98.4 cm³/mol. The first-order chi connectivity index (χ1) is 12.8. The van der Waals surface area contributed by atoms with Crippen LogP contribution < -0.4 is 0 Å². The van der Waals surface area contributed by atoms with Crippen molar-refractivity contribution in [1.29, 1.82) is 0 Å². The van der Waals surface area contributed by atoms with Gasteiger partial charge < -0.3 is 4.52 Å². The molecule has 0 N–H and O–H groups in total. The van der Waals surface area contributed by atoms with Crippen LogP contribution in [0.25, 0.3) is 0 Å². The summed E-state index contributed by atoms with van der Waals surface area (Å²) in [6, 6.07) is 10.6. The summed E-state index contributed by atoms with van der Waals surface area (Å²) in [7, 11) is 2.09. The fourth-order valence-electron chi connectivity index (χ4n) is 3.69. The van der Waals surface area contributed by atoms with Crippen molar-refractivity contribution in [2.24, 2.45) is 0 Å². The Balaban J connectivity index is 1.35. The van der Waals surface area contributed by atoms with E-state index in [1.807, 2.05) is 23.1 Å². The Hall–Kier alpha value is -2.47. The second kappa shape index (κ2) is 7.83. The van der Waals surface area contributed by atoms with Gasteiger partial charge in [0, 0.05) is 24.9 Å². The van der Waals surface area contributed by atoms with Crippen molar-refractivity contribution in [2.75, 3.05) is 7.05 Å². The highest BCUT2D eigenvalue weighted by Gasteiger charge is 2.23. The molecule has 0 saturated heterocycles. The Morgan fingerprint density at radius 2 is 2.00 bits per heavy atom. The van der Waals surface area contributed by atoms with Gasteiger partial charge in [-0.05, 0) is 37.1 Å². The Bertz CT molecular complexity index is 820. The van der Waals surface area contributed by atoms with Gasteiger partial charge in [-0.15, -0.1) is 0 Å². The number of rotatable bonds is 7. The van der Waals surface area contributed by atoms with Crippen LogP contribution in [0.1, 0.15) is 54.4 Å². The largest absolute Gasteiger partial charge is 0.339 e. The quantitative estimate of drug-likeness (QED) is 0.651. The van der Waals surface area contributed by atoms with Gasteiger partial charge in [0.15, 0.2) is 5.82 Å². The average molecular weight is 351 g/mol. The van der Waals surface area contributed by atoms with Gasteiger partial charge >= 0.3 is 0 Å². The third-order valence-electron chi connectivity index (χ3n) is 4.95. The zero-order chi connectivity index (χ0) is 17.8. The third kappa shape index (κ3) is 4.19. The molecule has 0 atom stereocenters. The molecule has 0 spiro atoms. The van der Waals surface area contributed by atoms with Gasteiger partial charge in [0.25, 0.3) is 0 Å². The van der Waals surface area contributed by atoms with Crippen molar-refractivity contribution in [3.05, 3.63) is 65.6 Å². The highest BCUT2D eigenvalue weighted by atomic mass is 16.5. The molecule has 1 aromatic carbocycles. The maximum absolute atomic E-state index is 5.48. The van der Waals surface area contributed by atoms with E-state index in [2.05, 4.69) is 51.5 Å². The van der Waals surface area contributed by atoms with Crippen LogP contribution in [0.2, 0.25) is 0 Å². The maximum atomic E-state index is 5.48. The standard InChI is InChI=1S/C20H25N5O/c1-24(15-19-22-20(26-23-19)18-8-2-3-9-18)13-16-6-4-7-17(12-16)14-25-11-5-10-21-25/h4-7,10-12,18H,2-3,8-9,13-15H2,1H3. The number of hydrogen-bond donors (Lipinski definition) is 0. The van der Waals surface area contributed by atoms with Crippen LogP contribution in [0.4, 0.5) is 0 Å². The second-order valence-electron chi connectivity index (χ2n) is 7.23. The third-order valence-corrected chi connectivity index (χ3v) is 4.95. The lowest BCUT2D eigenvalue weighted by Gasteiger charge is -2.15. The summed E-state index contributed by atoms with van der Waals surface area (Å²) in [5, 5.41) is 8.44. The average Bonchev–Trinajstić information content (AvgIpc) is 3.37. The van der Waals surface area contributed by atoms with Gasteiger partial charge in [-0.1, -0.05) is 42.3 Å². The fourth-order valence-corrected chi connectivity index (χ4v) is 3.69. The van der Waals surface area contributed by atoms with Crippen LogP contribution in [0.15, 0.2) is 47.2 Å². The zero-order valence-electron chi connectivity index (χ0n) is 15.2. The van der Waals surface area contributed by atoms with E-state index in [0.717, 1.165) is 24.8 Å². The number of aromatic nitrogens is 4. The highest BCUT2D eigenvalue weighted by molar-refractivity contribution is 5.23. The molecule has 6 nitrogen and oxygen atoms in total. The van der Waals surface area contributed by atoms with Crippen LogP contribution in [0, 0.1) is 0 Å². The SMILES string of the molecule is CN(Cc1cccc(Cn2cccn2)c1)Cc1noc(C2CCCC2)n1. The van der Waals surface area contributed by atoms with E-state index in [9.17, 15) is 0 Å². The Morgan fingerprint density at radius 3 is 2.81 bits per heavy atom. The van der Waals surface area contributed by atoms with Gasteiger partial charge in [0.2, 0.25) is 5.89 Å². The van der Waals surface area contributed by atoms with Crippen molar-refractivity contribution in [2.45, 2.75) is 51.2 Å². The van der Waals surface area contributed by atoms with Gasteiger partial charge in [0.05, 0.1) is 13.1 Å². The molecule has 1 aliphatic carbocycles. The Labute approximate surface area is 153 Å². The minimum absolute atomic E-state index is 0.473. The first-order valence-corrected chi connectivity index (χ1v) is 9.32. The van der Waals surface area contributed by atoms with Crippen LogP contribution in [-0.2, 0) is 19.6 Å². The molecule has 0 aliphatic heterocycles. The summed E-state index contributed by atoms with van der Waals surface area (Å²) in [5.74, 6) is 2.08. The zero-order valence-corrected chi connectivity index (χ0v) is 15.2.